The van der Waals surface area contributed by atoms with Crippen LogP contribution in [0.2, 0.25) is 10.0 Å². The van der Waals surface area contributed by atoms with E-state index in [1.807, 2.05) is 50.2 Å². The fraction of sp³-hybridized carbons (Fsp3) is 0.308. The Morgan fingerprint density at radius 1 is 0.912 bits per heavy atom. The molecule has 1 N–H and O–H groups in total. The highest BCUT2D eigenvalue weighted by molar-refractivity contribution is 7.98. The molecule has 0 radical (unpaired) electrons. The molecule has 1 aliphatic heterocycles. The average Bonchev–Trinajstić information content (AvgIpc) is 2.79. The highest BCUT2D eigenvalue weighted by atomic mass is 35.5. The van der Waals surface area contributed by atoms with Crippen molar-refractivity contribution in [3.8, 4) is 0 Å². The van der Waals surface area contributed by atoms with Crippen molar-refractivity contribution in [2.45, 2.75) is 44.3 Å². The number of dihydropyridines is 1. The predicted molar refractivity (Wildman–Crippen MR) is 137 cm³/mol. The molecule has 0 fully saturated rings. The molecule has 34 heavy (non-hydrogen) atoms. The van der Waals surface area contributed by atoms with Crippen molar-refractivity contribution in [2.75, 3.05) is 13.2 Å². The number of allylic oxidation sites excluding steroid dienone is 2. The van der Waals surface area contributed by atoms with E-state index in [4.69, 9.17) is 32.7 Å². The predicted octanol–water partition coefficient (Wildman–Crippen LogP) is 6.65. The largest absolute Gasteiger partial charge is 0.463 e. The van der Waals surface area contributed by atoms with Gasteiger partial charge in [0.2, 0.25) is 0 Å². The van der Waals surface area contributed by atoms with Gasteiger partial charge < -0.3 is 14.8 Å². The van der Waals surface area contributed by atoms with Crippen LogP contribution in [0.4, 0.5) is 0 Å². The van der Waals surface area contributed by atoms with Gasteiger partial charge in [0, 0.05) is 22.0 Å². The van der Waals surface area contributed by atoms with E-state index in [0.29, 0.717) is 38.3 Å². The molecule has 0 aliphatic carbocycles. The third-order valence-corrected chi connectivity index (χ3v) is 7.26. The van der Waals surface area contributed by atoms with Crippen molar-refractivity contribution in [1.82, 2.24) is 5.32 Å². The molecular weight excluding hydrogens is 493 g/mol. The number of esters is 2. The number of hydrogen-bond acceptors (Lipinski definition) is 6. The summed E-state index contributed by atoms with van der Waals surface area (Å²) in [7, 11) is 0. The molecule has 0 bridgehead atoms. The van der Waals surface area contributed by atoms with E-state index in [9.17, 15) is 9.59 Å². The quantitative estimate of drug-likeness (QED) is 0.311. The number of carbonyl (C=O) groups is 2. The van der Waals surface area contributed by atoms with Crippen LogP contribution < -0.4 is 5.32 Å². The smallest absolute Gasteiger partial charge is 0.336 e. The molecular formula is C26H27Cl2NO4S. The van der Waals surface area contributed by atoms with Gasteiger partial charge in [0.1, 0.15) is 0 Å². The van der Waals surface area contributed by atoms with Crippen LogP contribution >= 0.6 is 35.0 Å². The van der Waals surface area contributed by atoms with Gasteiger partial charge in [-0.15, -0.1) is 11.8 Å². The summed E-state index contributed by atoms with van der Waals surface area (Å²) >= 11 is 13.8. The molecule has 8 heteroatoms. The lowest BCUT2D eigenvalue weighted by atomic mass is 9.80. The van der Waals surface area contributed by atoms with Crippen molar-refractivity contribution < 1.29 is 19.1 Å². The summed E-state index contributed by atoms with van der Waals surface area (Å²) < 4.78 is 10.7. The molecule has 2 aromatic carbocycles. The van der Waals surface area contributed by atoms with Crippen LogP contribution in [0.25, 0.3) is 0 Å². The van der Waals surface area contributed by atoms with Crippen molar-refractivity contribution in [1.29, 1.82) is 0 Å². The Hall–Kier alpha value is -2.41. The van der Waals surface area contributed by atoms with Gasteiger partial charge in [0.15, 0.2) is 0 Å². The third kappa shape index (κ3) is 5.80. The normalized spacial score (nSPS) is 14.2. The number of ether oxygens (including phenoxy) is 2. The second kappa shape index (κ2) is 11.8. The highest BCUT2D eigenvalue weighted by Gasteiger charge is 2.38. The molecule has 0 aromatic heterocycles. The molecule has 0 spiro atoms. The zero-order valence-corrected chi connectivity index (χ0v) is 21.9. The Balaban J connectivity index is 2.08. The van der Waals surface area contributed by atoms with E-state index in [1.54, 1.807) is 31.7 Å². The van der Waals surface area contributed by atoms with E-state index >= 15 is 0 Å². The van der Waals surface area contributed by atoms with E-state index in [-0.39, 0.29) is 13.2 Å². The van der Waals surface area contributed by atoms with Gasteiger partial charge in [-0.25, -0.2) is 9.59 Å². The summed E-state index contributed by atoms with van der Waals surface area (Å²) in [6.45, 7) is 7.61. The van der Waals surface area contributed by atoms with Gasteiger partial charge >= 0.3 is 11.9 Å². The lowest BCUT2D eigenvalue weighted by Gasteiger charge is -2.31. The lowest BCUT2D eigenvalue weighted by Crippen LogP contribution is -2.32. The summed E-state index contributed by atoms with van der Waals surface area (Å²) in [6.07, 6.45) is 0. The molecule has 3 rings (SSSR count). The maximum absolute atomic E-state index is 13.1. The first-order valence-corrected chi connectivity index (χ1v) is 12.7. The summed E-state index contributed by atoms with van der Waals surface area (Å²) in [4.78, 5) is 27.0. The molecule has 0 amide bonds. The Labute approximate surface area is 214 Å². The fourth-order valence-corrected chi connectivity index (χ4v) is 5.25. The van der Waals surface area contributed by atoms with Crippen LogP contribution in [0.1, 0.15) is 44.7 Å². The van der Waals surface area contributed by atoms with Gasteiger partial charge in [-0.2, -0.15) is 0 Å². The molecule has 5 nitrogen and oxygen atoms in total. The number of halogens is 2. The maximum atomic E-state index is 13.1. The second-order valence-electron chi connectivity index (χ2n) is 7.65. The SMILES string of the molecule is CCOC(=O)C1=C(C)NC(C)=C(C(=O)OCC)C1c1ccccc1SCc1ccc(Cl)c(Cl)c1. The minimum atomic E-state index is -0.628. The number of rotatable bonds is 8. The summed E-state index contributed by atoms with van der Waals surface area (Å²) in [5.41, 5.74) is 3.95. The Bertz CT molecular complexity index is 1120. The van der Waals surface area contributed by atoms with Crippen LogP contribution in [-0.4, -0.2) is 25.2 Å². The minimum Gasteiger partial charge on any atom is -0.463 e. The van der Waals surface area contributed by atoms with Gasteiger partial charge in [-0.3, -0.25) is 0 Å². The minimum absolute atomic E-state index is 0.230. The number of nitrogens with one attached hydrogen (secondary N) is 1. The molecule has 0 unspecified atom stereocenters. The van der Waals surface area contributed by atoms with Crippen molar-refractivity contribution in [3.05, 3.63) is 86.2 Å². The molecule has 0 atom stereocenters. The van der Waals surface area contributed by atoms with E-state index in [1.165, 1.54) is 0 Å². The van der Waals surface area contributed by atoms with Gasteiger partial charge in [0.05, 0.1) is 40.3 Å². The Morgan fingerprint density at radius 2 is 1.50 bits per heavy atom. The van der Waals surface area contributed by atoms with Gasteiger partial charge in [-0.05, 0) is 57.0 Å². The summed E-state index contributed by atoms with van der Waals surface area (Å²) in [6, 6.07) is 13.3. The molecule has 1 heterocycles. The molecule has 2 aromatic rings. The van der Waals surface area contributed by atoms with Crippen LogP contribution in [-0.2, 0) is 24.8 Å². The van der Waals surface area contributed by atoms with Gasteiger partial charge in [0.25, 0.3) is 0 Å². The third-order valence-electron chi connectivity index (χ3n) is 5.36. The average molecular weight is 520 g/mol. The standard InChI is InChI=1S/C26H27Cl2NO4S/c1-5-32-25(30)22-15(3)29-16(4)23(26(31)33-6-2)24(22)18-9-7-8-10-21(18)34-14-17-11-12-19(27)20(28)13-17/h7-13,24,29H,5-6,14H2,1-4H3. The van der Waals surface area contributed by atoms with Crippen LogP contribution in [0.3, 0.4) is 0 Å². The van der Waals surface area contributed by atoms with Gasteiger partial charge in [-0.1, -0.05) is 47.5 Å². The van der Waals surface area contributed by atoms with E-state index < -0.39 is 17.9 Å². The lowest BCUT2D eigenvalue weighted by molar-refractivity contribution is -0.139. The molecule has 0 saturated carbocycles. The Kier molecular flexibility index (Phi) is 9.11. The number of benzene rings is 2. The zero-order chi connectivity index (χ0) is 24.8. The van der Waals surface area contributed by atoms with Crippen molar-refractivity contribution >= 4 is 46.9 Å². The number of hydrogen-bond donors (Lipinski definition) is 1. The molecule has 1 aliphatic rings. The highest BCUT2D eigenvalue weighted by Crippen LogP contribution is 2.43. The molecule has 180 valence electrons. The van der Waals surface area contributed by atoms with Crippen molar-refractivity contribution in [3.63, 3.8) is 0 Å². The summed E-state index contributed by atoms with van der Waals surface area (Å²) in [5.74, 6) is -0.919. The number of thioether (sulfide) groups is 1. The van der Waals surface area contributed by atoms with Crippen LogP contribution in [0.15, 0.2) is 69.9 Å². The number of carbonyl (C=O) groups excluding carboxylic acids is 2. The summed E-state index contributed by atoms with van der Waals surface area (Å²) in [5, 5.41) is 4.17. The van der Waals surface area contributed by atoms with E-state index in [2.05, 4.69) is 5.32 Å². The second-order valence-corrected chi connectivity index (χ2v) is 9.48. The van der Waals surface area contributed by atoms with Crippen LogP contribution in [0.5, 0.6) is 0 Å². The first kappa shape index (κ1) is 26.2. The first-order chi connectivity index (χ1) is 16.3. The van der Waals surface area contributed by atoms with E-state index in [0.717, 1.165) is 16.0 Å². The molecule has 0 saturated heterocycles. The maximum Gasteiger partial charge on any atom is 0.336 e. The van der Waals surface area contributed by atoms with Crippen molar-refractivity contribution in [2.24, 2.45) is 0 Å². The first-order valence-electron chi connectivity index (χ1n) is 11.0. The zero-order valence-electron chi connectivity index (χ0n) is 19.5. The fourth-order valence-electron chi connectivity index (χ4n) is 3.90. The topological polar surface area (TPSA) is 64.6 Å². The monoisotopic (exact) mass is 519 g/mol. The Morgan fingerprint density at radius 3 is 2.06 bits per heavy atom. The van der Waals surface area contributed by atoms with Crippen LogP contribution in [0, 0.1) is 0 Å².